The van der Waals surface area contributed by atoms with E-state index >= 15 is 0 Å². The monoisotopic (exact) mass is 241 g/mol. The van der Waals surface area contributed by atoms with E-state index in [4.69, 9.17) is 0 Å². The summed E-state index contributed by atoms with van der Waals surface area (Å²) in [6.45, 7) is 10.8. The number of unbranched alkanes of at least 4 members (excludes halogenated alkanes) is 7. The summed E-state index contributed by atoms with van der Waals surface area (Å²) in [6, 6.07) is 0. The maximum Gasteiger partial charge on any atom is -0.00187 e. The maximum absolute atomic E-state index is 2.64. The molecule has 1 heteroatoms. The Kier molecular flexibility index (Phi) is 14.0. The third-order valence-corrected chi connectivity index (χ3v) is 3.41. The molecule has 0 aromatic heterocycles. The average Bonchev–Trinajstić information content (AvgIpc) is 2.33. The van der Waals surface area contributed by atoms with Gasteiger partial charge >= 0.3 is 0 Å². The molecule has 0 N–H and O–H groups in total. The van der Waals surface area contributed by atoms with E-state index in [1.807, 2.05) is 0 Å². The molecule has 0 heterocycles. The Morgan fingerprint density at radius 2 is 0.941 bits per heavy atom. The number of nitrogens with zero attached hydrogens (tertiary/aromatic N) is 1. The van der Waals surface area contributed by atoms with E-state index in [1.165, 1.54) is 83.8 Å². The Labute approximate surface area is 110 Å². The van der Waals surface area contributed by atoms with Gasteiger partial charge in [-0.15, -0.1) is 0 Å². The molecule has 0 bridgehead atoms. The molecule has 0 fully saturated rings. The highest BCUT2D eigenvalue weighted by Gasteiger charge is 2.01. The molecule has 0 aliphatic rings. The van der Waals surface area contributed by atoms with Crippen LogP contribution in [0, 0.1) is 0 Å². The van der Waals surface area contributed by atoms with E-state index in [0.29, 0.717) is 0 Å². The van der Waals surface area contributed by atoms with Crippen LogP contribution in [0.15, 0.2) is 0 Å². The van der Waals surface area contributed by atoms with Crippen molar-refractivity contribution in [2.24, 2.45) is 0 Å². The number of rotatable bonds is 13. The Morgan fingerprint density at radius 3 is 1.41 bits per heavy atom. The van der Waals surface area contributed by atoms with E-state index in [2.05, 4.69) is 25.7 Å². The van der Waals surface area contributed by atoms with Gasteiger partial charge in [-0.25, -0.2) is 0 Å². The minimum absolute atomic E-state index is 1.30. The molecule has 0 amide bonds. The van der Waals surface area contributed by atoms with Gasteiger partial charge in [0.1, 0.15) is 0 Å². The van der Waals surface area contributed by atoms with Crippen LogP contribution in [0.2, 0.25) is 0 Å². The van der Waals surface area contributed by atoms with Crippen LogP contribution in [0.3, 0.4) is 0 Å². The zero-order valence-electron chi connectivity index (χ0n) is 12.6. The summed E-state index contributed by atoms with van der Waals surface area (Å²) in [6.07, 6.45) is 14.1. The third kappa shape index (κ3) is 12.2. The van der Waals surface area contributed by atoms with Gasteiger partial charge in [0.25, 0.3) is 0 Å². The van der Waals surface area contributed by atoms with Gasteiger partial charge in [0, 0.05) is 0 Å². The smallest absolute Gasteiger partial charge is 0.00187 e. The van der Waals surface area contributed by atoms with Gasteiger partial charge in [-0.05, 0) is 38.9 Å². The van der Waals surface area contributed by atoms with E-state index in [-0.39, 0.29) is 0 Å². The molecule has 0 saturated carbocycles. The molecule has 104 valence electrons. The van der Waals surface area contributed by atoms with E-state index < -0.39 is 0 Å². The zero-order valence-corrected chi connectivity index (χ0v) is 12.6. The molecule has 0 saturated heterocycles. The molecule has 1 nitrogen and oxygen atoms in total. The van der Waals surface area contributed by atoms with Crippen LogP contribution in [-0.4, -0.2) is 24.5 Å². The van der Waals surface area contributed by atoms with Crippen LogP contribution in [0.4, 0.5) is 0 Å². The third-order valence-electron chi connectivity index (χ3n) is 3.41. The minimum Gasteiger partial charge on any atom is -0.303 e. The lowest BCUT2D eigenvalue weighted by molar-refractivity contribution is 0.267. The first-order valence-electron chi connectivity index (χ1n) is 8.07. The Morgan fingerprint density at radius 1 is 0.471 bits per heavy atom. The maximum atomic E-state index is 2.64. The lowest BCUT2D eigenvalue weighted by Gasteiger charge is -2.20. The van der Waals surface area contributed by atoms with Crippen LogP contribution < -0.4 is 0 Å². The Bertz CT molecular complexity index is 127. The first-order valence-corrected chi connectivity index (χ1v) is 8.07. The summed E-state index contributed by atoms with van der Waals surface area (Å²) in [4.78, 5) is 2.64. The Balaban J connectivity index is 3.23. The predicted octanol–water partition coefficient (Wildman–Crippen LogP) is 5.25. The second kappa shape index (κ2) is 14.0. The summed E-state index contributed by atoms with van der Waals surface area (Å²) in [5, 5.41) is 0. The van der Waals surface area contributed by atoms with Gasteiger partial charge in [-0.3, -0.25) is 0 Å². The van der Waals surface area contributed by atoms with Gasteiger partial charge in [-0.2, -0.15) is 0 Å². The molecule has 0 rings (SSSR count). The van der Waals surface area contributed by atoms with Crippen LogP contribution in [-0.2, 0) is 0 Å². The fraction of sp³-hybridized carbons (Fsp3) is 1.00. The molecule has 0 radical (unpaired) electrons. The van der Waals surface area contributed by atoms with Crippen LogP contribution >= 0.6 is 0 Å². The van der Waals surface area contributed by atoms with Crippen molar-refractivity contribution in [1.29, 1.82) is 0 Å². The molecule has 0 unspecified atom stereocenters. The van der Waals surface area contributed by atoms with Crippen molar-refractivity contribution in [2.45, 2.75) is 85.0 Å². The van der Waals surface area contributed by atoms with Gasteiger partial charge in [0.15, 0.2) is 0 Å². The summed E-state index contributed by atoms with van der Waals surface area (Å²) < 4.78 is 0. The standard InChI is InChI=1S/C16H35N/c1-4-7-8-9-10-11-12-13-16-17(14-5-2)15-6-3/h4-16H2,1-3H3. The fourth-order valence-electron chi connectivity index (χ4n) is 2.44. The highest BCUT2D eigenvalue weighted by molar-refractivity contribution is 4.56. The van der Waals surface area contributed by atoms with Crippen molar-refractivity contribution >= 4 is 0 Å². The van der Waals surface area contributed by atoms with Crippen molar-refractivity contribution in [2.75, 3.05) is 19.6 Å². The van der Waals surface area contributed by atoms with Crippen molar-refractivity contribution in [1.82, 2.24) is 4.90 Å². The molecular formula is C16H35N. The second-order valence-electron chi connectivity index (χ2n) is 5.32. The summed E-state index contributed by atoms with van der Waals surface area (Å²) in [7, 11) is 0. The first kappa shape index (κ1) is 17.0. The van der Waals surface area contributed by atoms with Gasteiger partial charge in [0.05, 0.1) is 0 Å². The molecular weight excluding hydrogens is 206 g/mol. The van der Waals surface area contributed by atoms with Crippen molar-refractivity contribution in [3.05, 3.63) is 0 Å². The minimum atomic E-state index is 1.30. The molecule has 0 atom stereocenters. The summed E-state index contributed by atoms with van der Waals surface area (Å²) in [5.41, 5.74) is 0. The van der Waals surface area contributed by atoms with E-state index in [0.717, 1.165) is 0 Å². The van der Waals surface area contributed by atoms with Gasteiger partial charge in [-0.1, -0.05) is 65.7 Å². The van der Waals surface area contributed by atoms with Crippen LogP contribution in [0.5, 0.6) is 0 Å². The highest BCUT2D eigenvalue weighted by atomic mass is 15.1. The summed E-state index contributed by atoms with van der Waals surface area (Å²) >= 11 is 0. The fourth-order valence-corrected chi connectivity index (χ4v) is 2.44. The quantitative estimate of drug-likeness (QED) is 0.398. The van der Waals surface area contributed by atoms with Crippen LogP contribution in [0.1, 0.15) is 85.0 Å². The molecule has 0 spiro atoms. The van der Waals surface area contributed by atoms with Crippen LogP contribution in [0.25, 0.3) is 0 Å². The molecule has 0 aliphatic carbocycles. The lowest BCUT2D eigenvalue weighted by Crippen LogP contribution is -2.26. The normalized spacial score (nSPS) is 11.3. The topological polar surface area (TPSA) is 3.24 Å². The van der Waals surface area contributed by atoms with Crippen molar-refractivity contribution < 1.29 is 0 Å². The van der Waals surface area contributed by atoms with Crippen molar-refractivity contribution in [3.8, 4) is 0 Å². The Hall–Kier alpha value is -0.0400. The second-order valence-corrected chi connectivity index (χ2v) is 5.32. The first-order chi connectivity index (χ1) is 8.35. The number of hydrogen-bond donors (Lipinski definition) is 0. The predicted molar refractivity (Wildman–Crippen MR) is 79.6 cm³/mol. The summed E-state index contributed by atoms with van der Waals surface area (Å²) in [5.74, 6) is 0. The average molecular weight is 241 g/mol. The van der Waals surface area contributed by atoms with Gasteiger partial charge < -0.3 is 4.90 Å². The molecule has 17 heavy (non-hydrogen) atoms. The number of hydrogen-bond acceptors (Lipinski definition) is 1. The highest BCUT2D eigenvalue weighted by Crippen LogP contribution is 2.09. The van der Waals surface area contributed by atoms with E-state index in [9.17, 15) is 0 Å². The van der Waals surface area contributed by atoms with Gasteiger partial charge in [0.2, 0.25) is 0 Å². The largest absolute Gasteiger partial charge is 0.303 e. The zero-order chi connectivity index (χ0) is 12.8. The lowest BCUT2D eigenvalue weighted by atomic mass is 10.1. The molecule has 0 aromatic rings. The molecule has 0 aliphatic heterocycles. The molecule has 0 aromatic carbocycles. The van der Waals surface area contributed by atoms with Crippen molar-refractivity contribution in [3.63, 3.8) is 0 Å². The SMILES string of the molecule is CCCCCCCCCCN(CCC)CCC. The van der Waals surface area contributed by atoms with E-state index in [1.54, 1.807) is 0 Å².